The summed E-state index contributed by atoms with van der Waals surface area (Å²) in [7, 11) is 1.61. The molecular formula is C21H27BrClFN2O2. The summed E-state index contributed by atoms with van der Waals surface area (Å²) >= 11 is 9.73. The molecule has 0 aliphatic carbocycles. The molecular weight excluding hydrogens is 447 g/mol. The van der Waals surface area contributed by atoms with Gasteiger partial charge in [-0.3, -0.25) is 0 Å². The first-order valence-corrected chi connectivity index (χ1v) is 10.5. The van der Waals surface area contributed by atoms with Crippen molar-refractivity contribution in [3.05, 3.63) is 56.8 Å². The van der Waals surface area contributed by atoms with Crippen molar-refractivity contribution in [2.24, 2.45) is 0 Å². The van der Waals surface area contributed by atoms with E-state index < -0.39 is 0 Å². The standard InChI is InChI=1S/C21H27BrClFN2O2/c1-4-26(5-2)11-10-25-13-17-18(22)8-9-20(27-3)21(17)28-14-15-6-7-16(24)12-19(15)23/h6-9,12,25H,4-5,10-11,13-14H2,1-3H3. The van der Waals surface area contributed by atoms with Gasteiger partial charge in [0.1, 0.15) is 12.4 Å². The van der Waals surface area contributed by atoms with Crippen molar-refractivity contribution < 1.29 is 13.9 Å². The fourth-order valence-electron chi connectivity index (χ4n) is 2.85. The number of halogens is 3. The molecule has 0 saturated carbocycles. The van der Waals surface area contributed by atoms with Crippen LogP contribution in [0.4, 0.5) is 4.39 Å². The second-order valence-electron chi connectivity index (χ2n) is 6.29. The number of methoxy groups -OCH3 is 1. The van der Waals surface area contributed by atoms with E-state index in [1.165, 1.54) is 12.1 Å². The summed E-state index contributed by atoms with van der Waals surface area (Å²) in [6.07, 6.45) is 0. The molecule has 0 saturated heterocycles. The maximum absolute atomic E-state index is 13.3. The molecule has 0 aliphatic heterocycles. The Hall–Kier alpha value is -1.34. The third kappa shape index (κ3) is 6.34. The molecule has 2 aromatic carbocycles. The lowest BCUT2D eigenvalue weighted by molar-refractivity contribution is 0.278. The second-order valence-corrected chi connectivity index (χ2v) is 7.55. The van der Waals surface area contributed by atoms with Gasteiger partial charge in [-0.25, -0.2) is 4.39 Å². The molecule has 0 aliphatic rings. The Balaban J connectivity index is 2.11. The molecule has 0 amide bonds. The Kier molecular flexibility index (Phi) is 9.51. The summed E-state index contributed by atoms with van der Waals surface area (Å²) in [6.45, 7) is 9.10. The molecule has 4 nitrogen and oxygen atoms in total. The van der Waals surface area contributed by atoms with Gasteiger partial charge in [0.2, 0.25) is 0 Å². The van der Waals surface area contributed by atoms with Gasteiger partial charge in [0.05, 0.1) is 12.1 Å². The molecule has 28 heavy (non-hydrogen) atoms. The number of nitrogens with one attached hydrogen (secondary N) is 1. The largest absolute Gasteiger partial charge is 0.493 e. The minimum atomic E-state index is -0.369. The number of hydrogen-bond acceptors (Lipinski definition) is 4. The van der Waals surface area contributed by atoms with Crippen molar-refractivity contribution in [1.82, 2.24) is 10.2 Å². The van der Waals surface area contributed by atoms with E-state index in [0.717, 1.165) is 36.2 Å². The third-order valence-corrected chi connectivity index (χ3v) is 5.67. The molecule has 0 bridgehead atoms. The predicted molar refractivity (Wildman–Crippen MR) is 116 cm³/mol. The van der Waals surface area contributed by atoms with Crippen molar-refractivity contribution in [2.45, 2.75) is 27.0 Å². The van der Waals surface area contributed by atoms with E-state index in [9.17, 15) is 4.39 Å². The number of rotatable bonds is 11. The number of likely N-dealkylation sites (N-methyl/N-ethyl adjacent to an activating group) is 1. The van der Waals surface area contributed by atoms with Crippen LogP contribution >= 0.6 is 27.5 Å². The average Bonchev–Trinajstić information content (AvgIpc) is 2.69. The Bertz CT molecular complexity index is 772. The minimum absolute atomic E-state index is 0.221. The smallest absolute Gasteiger partial charge is 0.167 e. The van der Waals surface area contributed by atoms with Crippen molar-refractivity contribution in [3.8, 4) is 11.5 Å². The highest BCUT2D eigenvalue weighted by Crippen LogP contribution is 2.37. The van der Waals surface area contributed by atoms with Gasteiger partial charge in [0, 0.05) is 35.2 Å². The first-order chi connectivity index (χ1) is 13.5. The molecule has 0 radical (unpaired) electrons. The number of hydrogen-bond donors (Lipinski definition) is 1. The van der Waals surface area contributed by atoms with Crippen LogP contribution in [-0.2, 0) is 13.2 Å². The van der Waals surface area contributed by atoms with Crippen LogP contribution in [-0.4, -0.2) is 38.2 Å². The summed E-state index contributed by atoms with van der Waals surface area (Å²) in [6, 6.07) is 8.08. The third-order valence-electron chi connectivity index (χ3n) is 4.58. The molecule has 0 fully saturated rings. The van der Waals surface area contributed by atoms with Gasteiger partial charge in [-0.05, 0) is 37.4 Å². The van der Waals surface area contributed by atoms with Crippen LogP contribution in [0.2, 0.25) is 5.02 Å². The second kappa shape index (κ2) is 11.6. The molecule has 1 N–H and O–H groups in total. The van der Waals surface area contributed by atoms with Gasteiger partial charge in [-0.2, -0.15) is 0 Å². The van der Waals surface area contributed by atoms with E-state index >= 15 is 0 Å². The monoisotopic (exact) mass is 472 g/mol. The number of benzene rings is 2. The van der Waals surface area contributed by atoms with Crippen LogP contribution in [0, 0.1) is 5.82 Å². The van der Waals surface area contributed by atoms with Crippen molar-refractivity contribution in [3.63, 3.8) is 0 Å². The lowest BCUT2D eigenvalue weighted by atomic mass is 10.1. The van der Waals surface area contributed by atoms with E-state index in [-0.39, 0.29) is 12.4 Å². The summed E-state index contributed by atoms with van der Waals surface area (Å²) in [5.41, 5.74) is 1.68. The molecule has 2 aromatic rings. The van der Waals surface area contributed by atoms with Crippen molar-refractivity contribution in [1.29, 1.82) is 0 Å². The van der Waals surface area contributed by atoms with Gasteiger partial charge in [0.15, 0.2) is 11.5 Å². The zero-order chi connectivity index (χ0) is 20.5. The summed E-state index contributed by atoms with van der Waals surface area (Å²) in [5, 5.41) is 3.81. The highest BCUT2D eigenvalue weighted by Gasteiger charge is 2.15. The highest BCUT2D eigenvalue weighted by molar-refractivity contribution is 9.10. The van der Waals surface area contributed by atoms with Gasteiger partial charge in [-0.1, -0.05) is 47.4 Å². The molecule has 0 aromatic heterocycles. The Labute approximate surface area is 180 Å². The molecule has 0 spiro atoms. The van der Waals surface area contributed by atoms with Crippen LogP contribution in [0.5, 0.6) is 11.5 Å². The first-order valence-electron chi connectivity index (χ1n) is 9.35. The lowest BCUT2D eigenvalue weighted by Crippen LogP contribution is -2.31. The normalized spacial score (nSPS) is 11.1. The van der Waals surface area contributed by atoms with Crippen LogP contribution in [0.3, 0.4) is 0 Å². The van der Waals surface area contributed by atoms with Crippen LogP contribution in [0.15, 0.2) is 34.8 Å². The van der Waals surface area contributed by atoms with E-state index in [1.807, 2.05) is 12.1 Å². The number of ether oxygens (including phenoxy) is 2. The van der Waals surface area contributed by atoms with Gasteiger partial charge in [-0.15, -0.1) is 0 Å². The zero-order valence-corrected chi connectivity index (χ0v) is 18.9. The van der Waals surface area contributed by atoms with E-state index in [1.54, 1.807) is 13.2 Å². The molecule has 0 atom stereocenters. The van der Waals surface area contributed by atoms with Crippen LogP contribution in [0.25, 0.3) is 0 Å². The van der Waals surface area contributed by atoms with Crippen LogP contribution < -0.4 is 14.8 Å². The lowest BCUT2D eigenvalue weighted by Gasteiger charge is -2.20. The molecule has 0 heterocycles. The Morgan fingerprint density at radius 2 is 1.93 bits per heavy atom. The van der Waals surface area contributed by atoms with E-state index in [4.69, 9.17) is 21.1 Å². The topological polar surface area (TPSA) is 33.7 Å². The van der Waals surface area contributed by atoms with E-state index in [0.29, 0.717) is 28.6 Å². The zero-order valence-electron chi connectivity index (χ0n) is 16.5. The molecule has 7 heteroatoms. The fraction of sp³-hybridized carbons (Fsp3) is 0.429. The fourth-order valence-corrected chi connectivity index (χ4v) is 3.52. The Morgan fingerprint density at radius 3 is 2.57 bits per heavy atom. The van der Waals surface area contributed by atoms with Gasteiger partial charge in [0.25, 0.3) is 0 Å². The molecule has 2 rings (SSSR count). The van der Waals surface area contributed by atoms with Crippen molar-refractivity contribution >= 4 is 27.5 Å². The predicted octanol–water partition coefficient (Wildman–Crippen LogP) is 5.26. The van der Waals surface area contributed by atoms with E-state index in [2.05, 4.69) is 40.0 Å². The highest BCUT2D eigenvalue weighted by atomic mass is 79.9. The first kappa shape index (κ1) is 22.9. The summed E-state index contributed by atoms with van der Waals surface area (Å²) < 4.78 is 25.7. The maximum Gasteiger partial charge on any atom is 0.167 e. The van der Waals surface area contributed by atoms with Crippen molar-refractivity contribution in [2.75, 3.05) is 33.3 Å². The summed E-state index contributed by atoms with van der Waals surface area (Å²) in [5.74, 6) is 0.918. The number of nitrogens with zero attached hydrogens (tertiary/aromatic N) is 1. The quantitative estimate of drug-likeness (QED) is 0.451. The SMILES string of the molecule is CCN(CC)CCNCc1c(Br)ccc(OC)c1OCc1ccc(F)cc1Cl. The average molecular weight is 474 g/mol. The molecule has 154 valence electrons. The minimum Gasteiger partial charge on any atom is -0.493 e. The molecule has 0 unspecified atom stereocenters. The van der Waals surface area contributed by atoms with Gasteiger partial charge >= 0.3 is 0 Å². The maximum atomic E-state index is 13.3. The van der Waals surface area contributed by atoms with Crippen LogP contribution in [0.1, 0.15) is 25.0 Å². The van der Waals surface area contributed by atoms with Gasteiger partial charge < -0.3 is 19.7 Å². The summed E-state index contributed by atoms with van der Waals surface area (Å²) in [4.78, 5) is 2.36. The Morgan fingerprint density at radius 1 is 1.18 bits per heavy atom.